The summed E-state index contributed by atoms with van der Waals surface area (Å²) in [5.74, 6) is -0.846. The van der Waals surface area contributed by atoms with Crippen molar-refractivity contribution in [1.82, 2.24) is 4.98 Å². The van der Waals surface area contributed by atoms with Crippen molar-refractivity contribution in [1.29, 1.82) is 0 Å². The lowest BCUT2D eigenvalue weighted by atomic mass is 9.84. The first-order valence-corrected chi connectivity index (χ1v) is 9.18. The molecule has 1 aromatic carbocycles. The molecular formula is C22H32Cl2N2O2. The number of carbonyl (C=O) groups is 1. The minimum absolute atomic E-state index is 0. The molecule has 3 N–H and O–H groups in total. The normalized spacial score (nSPS) is 10.8. The number of aromatic nitrogens is 1. The third kappa shape index (κ3) is 6.47. The topological polar surface area (TPSA) is 76.2 Å². The maximum absolute atomic E-state index is 11.5. The standard InChI is InChI=1S/C22H30N2O2.2ClH/c1-6-18-16(11-20(25)26)21(15-9-7-14(2)8-10-15)17(13-23)19(24-18)12-22(3,4)5;;/h7-10H,6,11-13,23H2,1-5H3,(H,25,26);2*1H. The Bertz CT molecular complexity index is 798. The van der Waals surface area contributed by atoms with Gasteiger partial charge in [0, 0.05) is 17.9 Å². The summed E-state index contributed by atoms with van der Waals surface area (Å²) >= 11 is 0. The summed E-state index contributed by atoms with van der Waals surface area (Å²) in [6.07, 6.45) is 1.46. The van der Waals surface area contributed by atoms with Crippen LogP contribution in [0.5, 0.6) is 0 Å². The number of hydrogen-bond acceptors (Lipinski definition) is 3. The third-order valence-corrected chi connectivity index (χ3v) is 4.48. The van der Waals surface area contributed by atoms with Gasteiger partial charge < -0.3 is 10.8 Å². The molecule has 1 heterocycles. The van der Waals surface area contributed by atoms with Gasteiger partial charge in [0.05, 0.1) is 6.42 Å². The molecule has 0 spiro atoms. The Morgan fingerprint density at radius 1 is 1.07 bits per heavy atom. The Kier molecular flexibility index (Phi) is 10.2. The summed E-state index contributed by atoms with van der Waals surface area (Å²) in [7, 11) is 0. The molecule has 0 saturated heterocycles. The molecule has 156 valence electrons. The number of nitrogens with zero attached hydrogens (tertiary/aromatic N) is 1. The predicted octanol–water partition coefficient (Wildman–Crippen LogP) is 5.14. The Balaban J connectivity index is 0.00000364. The van der Waals surface area contributed by atoms with Crippen LogP contribution in [0.1, 0.15) is 55.8 Å². The second kappa shape index (κ2) is 10.8. The summed E-state index contributed by atoms with van der Waals surface area (Å²) in [6.45, 7) is 10.9. The van der Waals surface area contributed by atoms with Gasteiger partial charge in [0.1, 0.15) is 0 Å². The molecule has 0 saturated carbocycles. The lowest BCUT2D eigenvalue weighted by Crippen LogP contribution is -2.19. The number of pyridine rings is 1. The largest absolute Gasteiger partial charge is 0.481 e. The summed E-state index contributed by atoms with van der Waals surface area (Å²) < 4.78 is 0. The van der Waals surface area contributed by atoms with Gasteiger partial charge in [-0.1, -0.05) is 57.5 Å². The zero-order valence-corrected chi connectivity index (χ0v) is 19.0. The van der Waals surface area contributed by atoms with E-state index in [9.17, 15) is 9.90 Å². The van der Waals surface area contributed by atoms with Crippen LogP contribution in [0.2, 0.25) is 0 Å². The van der Waals surface area contributed by atoms with E-state index in [1.807, 2.05) is 13.8 Å². The van der Waals surface area contributed by atoms with Crippen molar-refractivity contribution < 1.29 is 9.90 Å². The fourth-order valence-electron chi connectivity index (χ4n) is 3.34. The molecule has 0 amide bonds. The average molecular weight is 427 g/mol. The molecule has 0 aliphatic heterocycles. The van der Waals surface area contributed by atoms with E-state index in [-0.39, 0.29) is 36.6 Å². The van der Waals surface area contributed by atoms with Crippen LogP contribution in [-0.2, 0) is 30.6 Å². The smallest absolute Gasteiger partial charge is 0.307 e. The number of aryl methyl sites for hydroxylation is 2. The molecule has 0 aliphatic rings. The highest BCUT2D eigenvalue weighted by Gasteiger charge is 2.23. The highest BCUT2D eigenvalue weighted by atomic mass is 35.5. The van der Waals surface area contributed by atoms with Crippen LogP contribution in [0.4, 0.5) is 0 Å². The predicted molar refractivity (Wildman–Crippen MR) is 121 cm³/mol. The van der Waals surface area contributed by atoms with E-state index >= 15 is 0 Å². The molecule has 0 radical (unpaired) electrons. The van der Waals surface area contributed by atoms with Crippen molar-refractivity contribution in [2.75, 3.05) is 0 Å². The number of halogens is 2. The lowest BCUT2D eigenvalue weighted by Gasteiger charge is -2.24. The van der Waals surface area contributed by atoms with Crippen molar-refractivity contribution in [3.05, 3.63) is 52.3 Å². The van der Waals surface area contributed by atoms with E-state index in [1.54, 1.807) is 0 Å². The SMILES string of the molecule is CCc1nc(CC(C)(C)C)c(CN)c(-c2ccc(C)cc2)c1CC(=O)O.Cl.Cl. The molecule has 1 aromatic heterocycles. The summed E-state index contributed by atoms with van der Waals surface area (Å²) in [5.41, 5.74) is 13.0. The Hall–Kier alpha value is -1.62. The van der Waals surface area contributed by atoms with Crippen LogP contribution < -0.4 is 5.73 Å². The summed E-state index contributed by atoms with van der Waals surface area (Å²) in [6, 6.07) is 8.20. The van der Waals surface area contributed by atoms with Gasteiger partial charge in [-0.25, -0.2) is 0 Å². The van der Waals surface area contributed by atoms with Crippen molar-refractivity contribution in [3.63, 3.8) is 0 Å². The highest BCUT2D eigenvalue weighted by Crippen LogP contribution is 2.34. The first-order chi connectivity index (χ1) is 12.2. The van der Waals surface area contributed by atoms with Crippen molar-refractivity contribution >= 4 is 30.8 Å². The van der Waals surface area contributed by atoms with Gasteiger partial charge in [-0.2, -0.15) is 0 Å². The van der Waals surface area contributed by atoms with Gasteiger partial charge in [0.25, 0.3) is 0 Å². The van der Waals surface area contributed by atoms with Gasteiger partial charge in [0.15, 0.2) is 0 Å². The van der Waals surface area contributed by atoms with E-state index in [1.165, 1.54) is 5.56 Å². The van der Waals surface area contributed by atoms with Crippen LogP contribution in [0.15, 0.2) is 24.3 Å². The van der Waals surface area contributed by atoms with Crippen LogP contribution >= 0.6 is 24.8 Å². The number of benzene rings is 1. The minimum Gasteiger partial charge on any atom is -0.481 e. The molecule has 28 heavy (non-hydrogen) atoms. The molecule has 4 nitrogen and oxygen atoms in total. The molecule has 2 aromatic rings. The van der Waals surface area contributed by atoms with Gasteiger partial charge >= 0.3 is 5.97 Å². The Morgan fingerprint density at radius 2 is 1.64 bits per heavy atom. The van der Waals surface area contributed by atoms with E-state index in [0.29, 0.717) is 13.0 Å². The number of hydrogen-bond donors (Lipinski definition) is 2. The molecule has 0 atom stereocenters. The highest BCUT2D eigenvalue weighted by molar-refractivity contribution is 5.85. The fraction of sp³-hybridized carbons (Fsp3) is 0.455. The zero-order chi connectivity index (χ0) is 19.5. The second-order valence-electron chi connectivity index (χ2n) is 8.07. The van der Waals surface area contributed by atoms with E-state index in [0.717, 1.165) is 40.1 Å². The third-order valence-electron chi connectivity index (χ3n) is 4.48. The van der Waals surface area contributed by atoms with Crippen LogP contribution in [0.3, 0.4) is 0 Å². The molecule has 2 rings (SSSR count). The first kappa shape index (κ1) is 26.4. The van der Waals surface area contributed by atoms with Gasteiger partial charge in [-0.15, -0.1) is 24.8 Å². The number of carboxylic acid groups (broad SMARTS) is 1. The number of rotatable bonds is 6. The van der Waals surface area contributed by atoms with Crippen LogP contribution in [-0.4, -0.2) is 16.1 Å². The molecule has 6 heteroatoms. The van der Waals surface area contributed by atoms with Crippen LogP contribution in [0, 0.1) is 12.3 Å². The Labute approximate surface area is 180 Å². The zero-order valence-electron chi connectivity index (χ0n) is 17.3. The minimum atomic E-state index is -0.846. The maximum atomic E-state index is 11.5. The summed E-state index contributed by atoms with van der Waals surface area (Å²) in [5, 5.41) is 9.46. The lowest BCUT2D eigenvalue weighted by molar-refractivity contribution is -0.136. The number of aliphatic carboxylic acids is 1. The monoisotopic (exact) mass is 426 g/mol. The van der Waals surface area contributed by atoms with Gasteiger partial charge in [-0.3, -0.25) is 9.78 Å². The first-order valence-electron chi connectivity index (χ1n) is 9.18. The van der Waals surface area contributed by atoms with E-state index < -0.39 is 5.97 Å². The van der Waals surface area contributed by atoms with Crippen molar-refractivity contribution in [3.8, 4) is 11.1 Å². The van der Waals surface area contributed by atoms with E-state index in [2.05, 4.69) is 45.0 Å². The number of nitrogens with two attached hydrogens (primary N) is 1. The quantitative estimate of drug-likeness (QED) is 0.670. The molecule has 0 unspecified atom stereocenters. The van der Waals surface area contributed by atoms with Crippen molar-refractivity contribution in [2.45, 2.75) is 60.4 Å². The molecule has 0 bridgehead atoms. The van der Waals surface area contributed by atoms with Gasteiger partial charge in [-0.05, 0) is 47.4 Å². The van der Waals surface area contributed by atoms with Gasteiger partial charge in [0.2, 0.25) is 0 Å². The fourth-order valence-corrected chi connectivity index (χ4v) is 3.34. The van der Waals surface area contributed by atoms with E-state index in [4.69, 9.17) is 10.7 Å². The molecule has 0 aliphatic carbocycles. The Morgan fingerprint density at radius 3 is 2.07 bits per heavy atom. The molecule has 0 fully saturated rings. The second-order valence-corrected chi connectivity index (χ2v) is 8.07. The number of carboxylic acids is 1. The molecular weight excluding hydrogens is 395 g/mol. The average Bonchev–Trinajstić information content (AvgIpc) is 2.54. The summed E-state index contributed by atoms with van der Waals surface area (Å²) in [4.78, 5) is 16.4. The van der Waals surface area contributed by atoms with Crippen molar-refractivity contribution in [2.24, 2.45) is 11.1 Å². The maximum Gasteiger partial charge on any atom is 0.307 e. The van der Waals surface area contributed by atoms with Crippen LogP contribution in [0.25, 0.3) is 11.1 Å².